The summed E-state index contributed by atoms with van der Waals surface area (Å²) < 4.78 is 3.32. The summed E-state index contributed by atoms with van der Waals surface area (Å²) >= 11 is 6.68. The van der Waals surface area contributed by atoms with Gasteiger partial charge in [0.1, 0.15) is 5.52 Å². The van der Waals surface area contributed by atoms with Crippen molar-refractivity contribution in [2.75, 3.05) is 0 Å². The van der Waals surface area contributed by atoms with Crippen molar-refractivity contribution < 1.29 is 0 Å². The van der Waals surface area contributed by atoms with Gasteiger partial charge in [-0.3, -0.25) is 0 Å². The molecule has 2 heterocycles. The third-order valence-electron chi connectivity index (χ3n) is 1.83. The van der Waals surface area contributed by atoms with Crippen molar-refractivity contribution in [3.8, 4) is 0 Å². The highest BCUT2D eigenvalue weighted by Crippen LogP contribution is 2.32. The first kappa shape index (κ1) is 7.84. The highest BCUT2D eigenvalue weighted by Gasteiger charge is 2.07. The van der Waals surface area contributed by atoms with Crippen LogP contribution in [-0.2, 0) is 0 Å². The molecule has 0 aliphatic rings. The molecule has 0 aliphatic carbocycles. The second-order valence-electron chi connectivity index (χ2n) is 2.58. The molecule has 0 fully saturated rings. The summed E-state index contributed by atoms with van der Waals surface area (Å²) in [5.74, 6) is 0. The van der Waals surface area contributed by atoms with Crippen molar-refractivity contribution in [2.45, 2.75) is 0 Å². The van der Waals surface area contributed by atoms with Gasteiger partial charge in [0.15, 0.2) is 3.92 Å². The van der Waals surface area contributed by atoms with E-state index in [2.05, 4.69) is 32.0 Å². The second kappa shape index (κ2) is 2.73. The van der Waals surface area contributed by atoms with Crippen molar-refractivity contribution in [3.63, 3.8) is 0 Å². The molecule has 3 rings (SSSR count). The minimum absolute atomic E-state index is 0.919. The zero-order valence-corrected chi connectivity index (χ0v) is 9.54. The predicted molar refractivity (Wildman–Crippen MR) is 60.5 cm³/mol. The molecule has 0 N–H and O–H groups in total. The number of hydrogen-bond donors (Lipinski definition) is 0. The fourth-order valence-corrected chi connectivity index (χ4v) is 3.50. The Balaban J connectivity index is 2.64. The first-order valence-electron chi connectivity index (χ1n) is 3.63. The Bertz CT molecular complexity index is 584. The van der Waals surface area contributed by atoms with Crippen LogP contribution in [0.2, 0.25) is 0 Å². The van der Waals surface area contributed by atoms with Crippen molar-refractivity contribution >= 4 is 59.0 Å². The summed E-state index contributed by atoms with van der Waals surface area (Å²) in [5.41, 5.74) is 3.97. The lowest BCUT2D eigenvalue weighted by molar-refractivity contribution is 1.45. The molecular formula is C8H3BrN2S2. The van der Waals surface area contributed by atoms with Gasteiger partial charge in [-0.05, 0) is 28.1 Å². The highest BCUT2D eigenvalue weighted by atomic mass is 79.9. The quantitative estimate of drug-likeness (QED) is 0.623. The van der Waals surface area contributed by atoms with Crippen LogP contribution in [-0.4, -0.2) is 9.97 Å². The maximum Gasteiger partial charge on any atom is 0.160 e. The minimum Gasteiger partial charge on any atom is -0.243 e. The van der Waals surface area contributed by atoms with Crippen LogP contribution in [0.1, 0.15) is 0 Å². The van der Waals surface area contributed by atoms with E-state index in [4.69, 9.17) is 0 Å². The Morgan fingerprint density at radius 3 is 3.15 bits per heavy atom. The summed E-state index contributed by atoms with van der Waals surface area (Å²) in [5, 5.41) is 0. The molecule has 0 bridgehead atoms. The number of hydrogen-bond acceptors (Lipinski definition) is 4. The zero-order valence-electron chi connectivity index (χ0n) is 6.32. The normalized spacial score (nSPS) is 11.5. The van der Waals surface area contributed by atoms with E-state index in [1.165, 1.54) is 9.40 Å². The van der Waals surface area contributed by atoms with Crippen LogP contribution in [0.5, 0.6) is 0 Å². The summed E-state index contributed by atoms with van der Waals surface area (Å²) in [4.78, 5) is 8.67. The number of fused-ring (bicyclic) bond motifs is 3. The average Bonchev–Trinajstić information content (AvgIpc) is 2.65. The molecule has 2 aromatic heterocycles. The van der Waals surface area contributed by atoms with E-state index in [1.807, 2.05) is 11.6 Å². The van der Waals surface area contributed by atoms with Crippen LogP contribution >= 0.6 is 38.6 Å². The van der Waals surface area contributed by atoms with E-state index in [-0.39, 0.29) is 0 Å². The summed E-state index contributed by atoms with van der Waals surface area (Å²) in [6.07, 6.45) is 0. The van der Waals surface area contributed by atoms with Gasteiger partial charge < -0.3 is 0 Å². The maximum atomic E-state index is 4.34. The van der Waals surface area contributed by atoms with E-state index in [9.17, 15) is 0 Å². The van der Waals surface area contributed by atoms with Crippen LogP contribution in [0.4, 0.5) is 0 Å². The molecule has 64 valence electrons. The lowest BCUT2D eigenvalue weighted by Crippen LogP contribution is -1.69. The molecule has 0 radical (unpaired) electrons. The first-order chi connectivity index (χ1) is 6.34. The number of aromatic nitrogens is 2. The Hall–Kier alpha value is -0.520. The minimum atomic E-state index is 0.919. The zero-order chi connectivity index (χ0) is 8.84. The van der Waals surface area contributed by atoms with E-state index >= 15 is 0 Å². The Morgan fingerprint density at radius 2 is 2.23 bits per heavy atom. The number of thiazole rings is 2. The predicted octanol–water partition coefficient (Wildman–Crippen LogP) is 3.67. The van der Waals surface area contributed by atoms with Crippen LogP contribution in [0.15, 0.2) is 21.6 Å². The van der Waals surface area contributed by atoms with Crippen molar-refractivity contribution in [2.24, 2.45) is 0 Å². The van der Waals surface area contributed by atoms with Crippen molar-refractivity contribution in [3.05, 3.63) is 21.6 Å². The third-order valence-corrected chi connectivity index (χ3v) is 4.15. The number of nitrogens with zero attached hydrogens (tertiary/aromatic N) is 2. The van der Waals surface area contributed by atoms with Gasteiger partial charge in [-0.15, -0.1) is 22.7 Å². The monoisotopic (exact) mass is 270 g/mol. The molecule has 0 saturated heterocycles. The molecule has 13 heavy (non-hydrogen) atoms. The van der Waals surface area contributed by atoms with Gasteiger partial charge in [-0.2, -0.15) is 0 Å². The molecule has 5 heteroatoms. The molecule has 0 aliphatic heterocycles. The fourth-order valence-electron chi connectivity index (χ4n) is 1.29. The van der Waals surface area contributed by atoms with Gasteiger partial charge in [0.25, 0.3) is 0 Å². The molecule has 0 saturated carbocycles. The highest BCUT2D eigenvalue weighted by molar-refractivity contribution is 9.11. The molecular weight excluding hydrogens is 268 g/mol. The molecule has 0 amide bonds. The first-order valence-corrected chi connectivity index (χ1v) is 6.12. The van der Waals surface area contributed by atoms with Gasteiger partial charge in [-0.1, -0.05) is 0 Å². The van der Waals surface area contributed by atoms with Crippen LogP contribution in [0.3, 0.4) is 0 Å². The van der Waals surface area contributed by atoms with E-state index in [1.54, 1.807) is 22.7 Å². The molecule has 2 nitrogen and oxygen atoms in total. The molecule has 0 atom stereocenters. The third kappa shape index (κ3) is 1.11. The Kier molecular flexibility index (Phi) is 1.65. The van der Waals surface area contributed by atoms with E-state index in [0.717, 1.165) is 15.0 Å². The SMILES string of the molecule is Brc1nc2ccc3scnc3c2s1. The van der Waals surface area contributed by atoms with Crippen LogP contribution < -0.4 is 0 Å². The number of halogens is 1. The van der Waals surface area contributed by atoms with Crippen LogP contribution in [0.25, 0.3) is 20.4 Å². The summed E-state index contributed by atoms with van der Waals surface area (Å²) in [7, 11) is 0. The lowest BCUT2D eigenvalue weighted by Gasteiger charge is -1.87. The standard InChI is InChI=1S/C8H3BrN2S2/c9-8-11-4-1-2-5-6(7(4)13-8)10-3-12-5/h1-3H. The summed E-state index contributed by atoms with van der Waals surface area (Å²) in [6, 6.07) is 4.11. The topological polar surface area (TPSA) is 25.8 Å². The lowest BCUT2D eigenvalue weighted by atomic mass is 10.3. The molecule has 3 aromatic rings. The van der Waals surface area contributed by atoms with E-state index < -0.39 is 0 Å². The number of benzene rings is 1. The van der Waals surface area contributed by atoms with Gasteiger partial charge in [-0.25, -0.2) is 9.97 Å². The molecule has 1 aromatic carbocycles. The Morgan fingerprint density at radius 1 is 1.31 bits per heavy atom. The molecule has 0 spiro atoms. The van der Waals surface area contributed by atoms with Crippen molar-refractivity contribution in [1.29, 1.82) is 0 Å². The second-order valence-corrected chi connectivity index (χ2v) is 5.74. The number of rotatable bonds is 0. The van der Waals surface area contributed by atoms with Gasteiger partial charge >= 0.3 is 0 Å². The average molecular weight is 271 g/mol. The maximum absolute atomic E-state index is 4.34. The Labute approximate surface area is 90.4 Å². The van der Waals surface area contributed by atoms with E-state index in [0.29, 0.717) is 0 Å². The van der Waals surface area contributed by atoms with Gasteiger partial charge in [0, 0.05) is 0 Å². The van der Waals surface area contributed by atoms with Gasteiger partial charge in [0.05, 0.1) is 20.4 Å². The summed E-state index contributed by atoms with van der Waals surface area (Å²) in [6.45, 7) is 0. The fraction of sp³-hybridized carbons (Fsp3) is 0. The van der Waals surface area contributed by atoms with Gasteiger partial charge in [0.2, 0.25) is 0 Å². The largest absolute Gasteiger partial charge is 0.243 e. The van der Waals surface area contributed by atoms with Crippen molar-refractivity contribution in [1.82, 2.24) is 9.97 Å². The molecule has 0 unspecified atom stereocenters. The van der Waals surface area contributed by atoms with Crippen LogP contribution in [0, 0.1) is 0 Å². The smallest absolute Gasteiger partial charge is 0.160 e.